The fraction of sp³-hybridized carbons (Fsp3) is 0.542. The molecule has 7 heteroatoms. The zero-order valence-electron chi connectivity index (χ0n) is 17.6. The molecule has 1 saturated heterocycles. The molecular formula is C24H27ClN2O4. The number of likely N-dealkylation sites (tertiary alicyclic amines) is 1. The van der Waals surface area contributed by atoms with E-state index >= 15 is 0 Å². The van der Waals surface area contributed by atoms with Crippen LogP contribution in [-0.4, -0.2) is 36.3 Å². The molecule has 4 aliphatic carbocycles. The van der Waals surface area contributed by atoms with Crippen LogP contribution in [0.4, 0.5) is 5.69 Å². The molecule has 6 unspecified atom stereocenters. The lowest BCUT2D eigenvalue weighted by Gasteiger charge is -2.37. The molecule has 1 heterocycles. The summed E-state index contributed by atoms with van der Waals surface area (Å²) in [6.07, 6.45) is 8.13. The molecular weight excluding hydrogens is 416 g/mol. The van der Waals surface area contributed by atoms with Crippen molar-refractivity contribution in [3.63, 3.8) is 0 Å². The fourth-order valence-corrected chi connectivity index (χ4v) is 6.13. The number of halogens is 1. The lowest BCUT2D eigenvalue weighted by molar-refractivity contribution is -0.140. The van der Waals surface area contributed by atoms with E-state index in [1.165, 1.54) is 11.3 Å². The molecule has 164 valence electrons. The van der Waals surface area contributed by atoms with Gasteiger partial charge in [0.15, 0.2) is 0 Å². The largest absolute Gasteiger partial charge is 0.495 e. The molecule has 2 saturated carbocycles. The fourth-order valence-electron chi connectivity index (χ4n) is 5.96. The van der Waals surface area contributed by atoms with Crippen molar-refractivity contribution in [2.45, 2.75) is 32.1 Å². The highest BCUT2D eigenvalue weighted by Gasteiger charge is 2.66. The Labute approximate surface area is 186 Å². The average Bonchev–Trinajstić information content (AvgIpc) is 3.54. The lowest BCUT2D eigenvalue weighted by atomic mass is 9.63. The molecule has 0 radical (unpaired) electrons. The van der Waals surface area contributed by atoms with Crippen LogP contribution in [0.3, 0.4) is 0 Å². The first kappa shape index (κ1) is 20.6. The number of allylic oxidation sites excluding steroid dienone is 2. The molecule has 1 aliphatic heterocycles. The maximum Gasteiger partial charge on any atom is 0.233 e. The first-order chi connectivity index (χ1) is 15.0. The number of ether oxygens (including phenoxy) is 1. The summed E-state index contributed by atoms with van der Waals surface area (Å²) in [4.78, 5) is 39.7. The van der Waals surface area contributed by atoms with Gasteiger partial charge in [0, 0.05) is 18.0 Å². The zero-order valence-corrected chi connectivity index (χ0v) is 18.3. The van der Waals surface area contributed by atoms with Crippen LogP contribution in [0.25, 0.3) is 0 Å². The summed E-state index contributed by atoms with van der Waals surface area (Å²) in [5.74, 6) is 2.08. The van der Waals surface area contributed by atoms with Gasteiger partial charge in [-0.05, 0) is 61.1 Å². The third-order valence-corrected chi connectivity index (χ3v) is 7.71. The van der Waals surface area contributed by atoms with Gasteiger partial charge in [0.2, 0.25) is 17.7 Å². The molecule has 2 bridgehead atoms. The van der Waals surface area contributed by atoms with Gasteiger partial charge >= 0.3 is 0 Å². The highest BCUT2D eigenvalue weighted by Crippen LogP contribution is 2.65. The van der Waals surface area contributed by atoms with Gasteiger partial charge < -0.3 is 10.1 Å². The molecule has 5 aliphatic rings. The van der Waals surface area contributed by atoms with Crippen molar-refractivity contribution >= 4 is 35.0 Å². The molecule has 31 heavy (non-hydrogen) atoms. The van der Waals surface area contributed by atoms with E-state index in [1.807, 2.05) is 0 Å². The Hall–Kier alpha value is -2.34. The predicted octanol–water partition coefficient (Wildman–Crippen LogP) is 3.90. The van der Waals surface area contributed by atoms with E-state index < -0.39 is 0 Å². The first-order valence-corrected chi connectivity index (χ1v) is 11.5. The molecule has 1 aromatic rings. The van der Waals surface area contributed by atoms with Gasteiger partial charge in [-0.3, -0.25) is 19.3 Å². The quantitative estimate of drug-likeness (QED) is 0.376. The van der Waals surface area contributed by atoms with Gasteiger partial charge in [0.1, 0.15) is 5.75 Å². The van der Waals surface area contributed by atoms with E-state index in [2.05, 4.69) is 17.5 Å². The van der Waals surface area contributed by atoms with Crippen LogP contribution in [-0.2, 0) is 14.4 Å². The number of nitrogens with zero attached hydrogens (tertiary/aromatic N) is 1. The topological polar surface area (TPSA) is 75.7 Å². The van der Waals surface area contributed by atoms with Gasteiger partial charge in [-0.25, -0.2) is 0 Å². The summed E-state index contributed by atoms with van der Waals surface area (Å²) in [5.41, 5.74) is 0.553. The maximum atomic E-state index is 13.0. The van der Waals surface area contributed by atoms with Crippen LogP contribution in [0.15, 0.2) is 30.4 Å². The van der Waals surface area contributed by atoms with E-state index in [4.69, 9.17) is 16.3 Å². The van der Waals surface area contributed by atoms with Crippen LogP contribution in [0.5, 0.6) is 5.75 Å². The number of anilines is 1. The van der Waals surface area contributed by atoms with Crippen LogP contribution >= 0.6 is 11.6 Å². The second kappa shape index (κ2) is 7.97. The van der Waals surface area contributed by atoms with Crippen molar-refractivity contribution in [3.05, 3.63) is 35.4 Å². The normalized spacial score (nSPS) is 32.1. The third-order valence-electron chi connectivity index (χ3n) is 7.48. The minimum absolute atomic E-state index is 0.0329. The number of unbranched alkanes of at least 4 members (excludes halogenated alkanes) is 2. The number of benzene rings is 1. The van der Waals surface area contributed by atoms with Crippen LogP contribution in [0.1, 0.15) is 32.1 Å². The highest BCUT2D eigenvalue weighted by atomic mass is 35.5. The van der Waals surface area contributed by atoms with Crippen molar-refractivity contribution in [1.29, 1.82) is 0 Å². The number of carbonyl (C=O) groups is 3. The molecule has 0 aromatic heterocycles. The van der Waals surface area contributed by atoms with E-state index in [9.17, 15) is 14.4 Å². The van der Waals surface area contributed by atoms with Crippen LogP contribution in [0, 0.1) is 35.5 Å². The van der Waals surface area contributed by atoms with Gasteiger partial charge in [-0.1, -0.05) is 30.2 Å². The summed E-state index contributed by atoms with van der Waals surface area (Å²) in [6.45, 7) is 0.461. The standard InChI is InChI=1S/C24H27ClN2O4/c1-31-19-9-6-13(25)11-18(19)26-20(28)5-3-2-4-10-27-23(29)21-14-7-8-15(17-12-16(14)17)22(21)24(27)30/h6-9,11,14-17,21-22H,2-5,10,12H2,1H3,(H,26,28). The second-order valence-corrected chi connectivity index (χ2v) is 9.62. The summed E-state index contributed by atoms with van der Waals surface area (Å²) < 4.78 is 5.24. The zero-order chi connectivity index (χ0) is 21.7. The SMILES string of the molecule is COc1ccc(Cl)cc1NC(=O)CCCCCN1C(=O)C2C3C=CC(C4CC34)C2C1=O. The number of amides is 3. The number of methoxy groups -OCH3 is 1. The Balaban J connectivity index is 1.08. The van der Waals surface area contributed by atoms with Gasteiger partial charge in [-0.2, -0.15) is 0 Å². The monoisotopic (exact) mass is 442 g/mol. The summed E-state index contributed by atoms with van der Waals surface area (Å²) in [6, 6.07) is 5.08. The van der Waals surface area contributed by atoms with E-state index in [1.54, 1.807) is 25.3 Å². The Kier molecular flexibility index (Phi) is 5.29. The van der Waals surface area contributed by atoms with Crippen LogP contribution in [0.2, 0.25) is 5.02 Å². The van der Waals surface area contributed by atoms with E-state index in [0.717, 1.165) is 12.8 Å². The number of nitrogens with one attached hydrogen (secondary N) is 1. The Morgan fingerprint density at radius 3 is 2.42 bits per heavy atom. The molecule has 6 rings (SSSR count). The number of imide groups is 1. The summed E-state index contributed by atoms with van der Waals surface area (Å²) in [7, 11) is 1.54. The molecule has 1 N–H and O–H groups in total. The van der Waals surface area contributed by atoms with Crippen LogP contribution < -0.4 is 10.1 Å². The van der Waals surface area contributed by atoms with E-state index in [-0.39, 0.29) is 41.4 Å². The number of hydrogen-bond acceptors (Lipinski definition) is 4. The minimum Gasteiger partial charge on any atom is -0.495 e. The summed E-state index contributed by atoms with van der Waals surface area (Å²) >= 11 is 6.00. The predicted molar refractivity (Wildman–Crippen MR) is 117 cm³/mol. The van der Waals surface area contributed by atoms with Crippen molar-refractivity contribution < 1.29 is 19.1 Å². The molecule has 6 nitrogen and oxygen atoms in total. The van der Waals surface area contributed by atoms with Gasteiger partial charge in [-0.15, -0.1) is 0 Å². The van der Waals surface area contributed by atoms with Crippen molar-refractivity contribution in [1.82, 2.24) is 4.90 Å². The second-order valence-electron chi connectivity index (χ2n) is 9.19. The first-order valence-electron chi connectivity index (χ1n) is 11.2. The Morgan fingerprint density at radius 2 is 1.77 bits per heavy atom. The third kappa shape index (κ3) is 3.55. The van der Waals surface area contributed by atoms with Gasteiger partial charge in [0.25, 0.3) is 0 Å². The van der Waals surface area contributed by atoms with Crippen molar-refractivity contribution in [2.24, 2.45) is 35.5 Å². The Bertz CT molecular complexity index is 925. The highest BCUT2D eigenvalue weighted by molar-refractivity contribution is 6.31. The molecule has 6 atom stereocenters. The molecule has 0 spiro atoms. The molecule has 3 fully saturated rings. The number of carbonyl (C=O) groups excluding carboxylic acids is 3. The smallest absolute Gasteiger partial charge is 0.233 e. The Morgan fingerprint density at radius 1 is 1.10 bits per heavy atom. The van der Waals surface area contributed by atoms with Crippen molar-refractivity contribution in [3.8, 4) is 5.75 Å². The number of hydrogen-bond donors (Lipinski definition) is 1. The minimum atomic E-state index is -0.121. The maximum absolute atomic E-state index is 13.0. The van der Waals surface area contributed by atoms with Gasteiger partial charge in [0.05, 0.1) is 24.6 Å². The average molecular weight is 443 g/mol. The molecule has 3 amide bonds. The summed E-state index contributed by atoms with van der Waals surface area (Å²) in [5, 5.41) is 3.36. The number of rotatable bonds is 8. The lowest BCUT2D eigenvalue weighted by Crippen LogP contribution is -2.40. The molecule has 1 aromatic carbocycles. The van der Waals surface area contributed by atoms with Crippen molar-refractivity contribution in [2.75, 3.05) is 19.0 Å². The van der Waals surface area contributed by atoms with E-state index in [0.29, 0.717) is 47.7 Å².